The van der Waals surface area contributed by atoms with Crippen molar-refractivity contribution in [2.24, 2.45) is 7.05 Å². The Morgan fingerprint density at radius 1 is 1.43 bits per heavy atom. The van der Waals surface area contributed by atoms with Crippen LogP contribution in [0, 0.1) is 0 Å². The summed E-state index contributed by atoms with van der Waals surface area (Å²) in [4.78, 5) is 23.2. The quantitative estimate of drug-likeness (QED) is 0.888. The molecular weight excluding hydrogens is 296 g/mol. The van der Waals surface area contributed by atoms with E-state index >= 15 is 0 Å². The lowest BCUT2D eigenvalue weighted by Crippen LogP contribution is -2.30. The third-order valence-corrected chi connectivity index (χ3v) is 4.18. The molecule has 0 bridgehead atoms. The van der Waals surface area contributed by atoms with Crippen molar-refractivity contribution < 1.29 is 14.7 Å². The summed E-state index contributed by atoms with van der Waals surface area (Å²) >= 11 is 0. The average Bonchev–Trinajstić information content (AvgIpc) is 2.98. The van der Waals surface area contributed by atoms with Gasteiger partial charge in [0, 0.05) is 19.5 Å². The lowest BCUT2D eigenvalue weighted by molar-refractivity contribution is 0.0696. The van der Waals surface area contributed by atoms with Crippen LogP contribution in [0.4, 0.5) is 0 Å². The van der Waals surface area contributed by atoms with Crippen molar-refractivity contribution in [2.75, 3.05) is 6.54 Å². The summed E-state index contributed by atoms with van der Waals surface area (Å²) < 4.78 is 1.48. The fraction of sp³-hybridized carbons (Fsp3) is 0.375. The van der Waals surface area contributed by atoms with Crippen LogP contribution in [0.3, 0.4) is 0 Å². The maximum Gasteiger partial charge on any atom is 0.335 e. The molecule has 1 aliphatic rings. The molecule has 1 unspecified atom stereocenters. The molecule has 120 valence electrons. The van der Waals surface area contributed by atoms with Gasteiger partial charge in [0.2, 0.25) is 0 Å². The maximum absolute atomic E-state index is 12.1. The number of fused-ring (bicyclic) bond motifs is 1. The fourth-order valence-corrected chi connectivity index (χ4v) is 3.00. The van der Waals surface area contributed by atoms with E-state index in [1.54, 1.807) is 25.4 Å². The van der Waals surface area contributed by atoms with Crippen molar-refractivity contribution in [1.82, 2.24) is 20.3 Å². The predicted octanol–water partition coefficient (Wildman–Crippen LogP) is 1.36. The Labute approximate surface area is 133 Å². The van der Waals surface area contributed by atoms with Crippen molar-refractivity contribution in [2.45, 2.75) is 25.2 Å². The minimum absolute atomic E-state index is 0.124. The highest BCUT2D eigenvalue weighted by Gasteiger charge is 2.22. The Bertz CT molecular complexity index is 754. The van der Waals surface area contributed by atoms with E-state index in [0.717, 1.165) is 24.8 Å². The molecule has 0 aliphatic heterocycles. The van der Waals surface area contributed by atoms with Gasteiger partial charge >= 0.3 is 5.97 Å². The highest BCUT2D eigenvalue weighted by molar-refractivity contribution is 5.92. The van der Waals surface area contributed by atoms with Gasteiger partial charge in [0.1, 0.15) is 0 Å². The number of amides is 1. The predicted molar refractivity (Wildman–Crippen MR) is 82.4 cm³/mol. The number of nitrogens with zero attached hydrogens (tertiary/aromatic N) is 3. The van der Waals surface area contributed by atoms with Crippen LogP contribution in [0.5, 0.6) is 0 Å². The minimum atomic E-state index is -0.930. The van der Waals surface area contributed by atoms with Crippen LogP contribution in [0.25, 0.3) is 0 Å². The summed E-state index contributed by atoms with van der Waals surface area (Å²) in [6.45, 7) is 0.464. The number of rotatable bonds is 4. The van der Waals surface area contributed by atoms with E-state index in [9.17, 15) is 9.59 Å². The number of benzene rings is 1. The maximum atomic E-state index is 12.1. The topological polar surface area (TPSA) is 97.1 Å². The lowest BCUT2D eigenvalue weighted by Gasteiger charge is -2.26. The molecule has 1 aliphatic carbocycles. The van der Waals surface area contributed by atoms with E-state index < -0.39 is 5.97 Å². The Morgan fingerprint density at radius 3 is 2.96 bits per heavy atom. The van der Waals surface area contributed by atoms with E-state index in [0.29, 0.717) is 6.54 Å². The standard InChI is InChI=1S/C16H18N4O3/c1-20-9-14(18-19-20)15(21)17-8-12-4-2-3-10-5-6-11(16(22)23)7-13(10)12/h5-7,9,12H,2-4,8H2,1H3,(H,17,21)(H,22,23). The molecule has 2 N–H and O–H groups in total. The Balaban J connectivity index is 1.73. The zero-order valence-corrected chi connectivity index (χ0v) is 12.8. The minimum Gasteiger partial charge on any atom is -0.478 e. The molecular formula is C16H18N4O3. The van der Waals surface area contributed by atoms with Crippen molar-refractivity contribution in [1.29, 1.82) is 0 Å². The number of aromatic nitrogens is 3. The first-order chi connectivity index (χ1) is 11.0. The first-order valence-corrected chi connectivity index (χ1v) is 7.55. The van der Waals surface area contributed by atoms with Gasteiger partial charge in [0.05, 0.1) is 11.8 Å². The molecule has 7 nitrogen and oxygen atoms in total. The van der Waals surface area contributed by atoms with Crippen molar-refractivity contribution >= 4 is 11.9 Å². The molecule has 0 radical (unpaired) electrons. The molecule has 0 spiro atoms. The van der Waals surface area contributed by atoms with Gasteiger partial charge in [-0.15, -0.1) is 5.10 Å². The van der Waals surface area contributed by atoms with Crippen LogP contribution in [-0.4, -0.2) is 38.5 Å². The van der Waals surface area contributed by atoms with Crippen LogP contribution < -0.4 is 5.32 Å². The SMILES string of the molecule is Cn1cc(C(=O)NCC2CCCc3ccc(C(=O)O)cc32)nn1. The fourth-order valence-electron chi connectivity index (χ4n) is 3.00. The third kappa shape index (κ3) is 3.23. The number of aromatic carboxylic acids is 1. The van der Waals surface area contributed by atoms with E-state index in [1.165, 1.54) is 10.2 Å². The number of carboxylic acid groups (broad SMARTS) is 1. The Hall–Kier alpha value is -2.70. The Kier molecular flexibility index (Phi) is 4.10. The van der Waals surface area contributed by atoms with Crippen LogP contribution in [0.1, 0.15) is 50.7 Å². The van der Waals surface area contributed by atoms with Gasteiger partial charge in [-0.2, -0.15) is 0 Å². The molecule has 1 amide bonds. The summed E-state index contributed by atoms with van der Waals surface area (Å²) in [5, 5.41) is 19.5. The molecule has 1 atom stereocenters. The summed E-state index contributed by atoms with van der Waals surface area (Å²) in [5.41, 5.74) is 2.76. The number of aryl methyl sites for hydroxylation is 2. The molecule has 1 aromatic carbocycles. The second-order valence-corrected chi connectivity index (χ2v) is 5.80. The lowest BCUT2D eigenvalue weighted by atomic mass is 9.82. The van der Waals surface area contributed by atoms with Gasteiger partial charge in [-0.25, -0.2) is 4.79 Å². The monoisotopic (exact) mass is 314 g/mol. The van der Waals surface area contributed by atoms with E-state index in [2.05, 4.69) is 15.6 Å². The zero-order valence-electron chi connectivity index (χ0n) is 12.8. The zero-order chi connectivity index (χ0) is 16.4. The van der Waals surface area contributed by atoms with Crippen LogP contribution in [0.15, 0.2) is 24.4 Å². The normalized spacial score (nSPS) is 16.7. The average molecular weight is 314 g/mol. The second-order valence-electron chi connectivity index (χ2n) is 5.80. The molecule has 1 heterocycles. The first kappa shape index (κ1) is 15.2. The molecule has 23 heavy (non-hydrogen) atoms. The van der Waals surface area contributed by atoms with Crippen molar-refractivity contribution in [3.05, 3.63) is 46.8 Å². The number of hydrogen-bond donors (Lipinski definition) is 2. The van der Waals surface area contributed by atoms with Crippen LogP contribution in [0.2, 0.25) is 0 Å². The first-order valence-electron chi connectivity index (χ1n) is 7.55. The van der Waals surface area contributed by atoms with E-state index in [1.807, 2.05) is 6.07 Å². The molecule has 3 rings (SSSR count). The summed E-state index contributed by atoms with van der Waals surface area (Å²) in [5.74, 6) is -1.07. The number of carboxylic acids is 1. The van der Waals surface area contributed by atoms with Gasteiger partial charge in [0.25, 0.3) is 5.91 Å². The van der Waals surface area contributed by atoms with E-state index in [-0.39, 0.29) is 23.1 Å². The smallest absolute Gasteiger partial charge is 0.335 e. The molecule has 0 saturated heterocycles. The summed E-state index contributed by atoms with van der Waals surface area (Å²) in [6, 6.07) is 5.26. The van der Waals surface area contributed by atoms with Gasteiger partial charge in [-0.3, -0.25) is 9.48 Å². The molecule has 1 aromatic heterocycles. The number of hydrogen-bond acceptors (Lipinski definition) is 4. The molecule has 0 fully saturated rings. The van der Waals surface area contributed by atoms with Crippen LogP contribution >= 0.6 is 0 Å². The van der Waals surface area contributed by atoms with Gasteiger partial charge in [0.15, 0.2) is 5.69 Å². The van der Waals surface area contributed by atoms with Gasteiger partial charge < -0.3 is 10.4 Å². The van der Waals surface area contributed by atoms with Crippen molar-refractivity contribution in [3.8, 4) is 0 Å². The Morgan fingerprint density at radius 2 is 2.26 bits per heavy atom. The second kappa shape index (κ2) is 6.20. The summed E-state index contributed by atoms with van der Waals surface area (Å²) in [7, 11) is 1.70. The third-order valence-electron chi connectivity index (χ3n) is 4.18. The number of carbonyl (C=O) groups is 2. The van der Waals surface area contributed by atoms with Crippen molar-refractivity contribution in [3.63, 3.8) is 0 Å². The van der Waals surface area contributed by atoms with E-state index in [4.69, 9.17) is 5.11 Å². The van der Waals surface area contributed by atoms with Gasteiger partial charge in [-0.05, 0) is 42.5 Å². The van der Waals surface area contributed by atoms with Gasteiger partial charge in [-0.1, -0.05) is 11.3 Å². The molecule has 2 aromatic rings. The van der Waals surface area contributed by atoms with Crippen LogP contribution in [-0.2, 0) is 13.5 Å². The number of carbonyl (C=O) groups excluding carboxylic acids is 1. The summed E-state index contributed by atoms with van der Waals surface area (Å²) in [6.07, 6.45) is 4.47. The molecule has 7 heteroatoms. The number of nitrogens with one attached hydrogen (secondary N) is 1. The highest BCUT2D eigenvalue weighted by Crippen LogP contribution is 2.32. The highest BCUT2D eigenvalue weighted by atomic mass is 16.4. The largest absolute Gasteiger partial charge is 0.478 e. The molecule has 0 saturated carbocycles.